The van der Waals surface area contributed by atoms with E-state index in [1.54, 1.807) is 30.3 Å². The van der Waals surface area contributed by atoms with Gasteiger partial charge in [0.25, 0.3) is 0 Å². The summed E-state index contributed by atoms with van der Waals surface area (Å²) in [5, 5.41) is 0.633. The predicted molar refractivity (Wildman–Crippen MR) is 78.0 cm³/mol. The summed E-state index contributed by atoms with van der Waals surface area (Å²) in [4.78, 5) is 23.8. The molecule has 2 aromatic heterocycles. The molecule has 1 aromatic carbocycles. The minimum absolute atomic E-state index is 0.0399. The van der Waals surface area contributed by atoms with E-state index < -0.39 is 11.6 Å². The van der Waals surface area contributed by atoms with Gasteiger partial charge in [-0.2, -0.15) is 0 Å². The lowest BCUT2D eigenvalue weighted by Crippen LogP contribution is -2.16. The van der Waals surface area contributed by atoms with Crippen LogP contribution >= 0.6 is 15.9 Å². The number of carbonyl (C=O) groups is 1. The molecule has 0 saturated carbocycles. The van der Waals surface area contributed by atoms with Crippen LogP contribution in [0.1, 0.15) is 16.1 Å². The third-order valence-electron chi connectivity index (χ3n) is 2.84. The van der Waals surface area contributed by atoms with Crippen LogP contribution in [0.4, 0.5) is 0 Å². The van der Waals surface area contributed by atoms with Gasteiger partial charge in [0.2, 0.25) is 0 Å². The molecule has 0 aliphatic rings. The van der Waals surface area contributed by atoms with E-state index in [-0.39, 0.29) is 12.2 Å². The monoisotopic (exact) mass is 348 g/mol. The maximum absolute atomic E-state index is 12.0. The molecule has 0 bridgehead atoms. The number of hydrogen-bond donors (Lipinski definition) is 0. The Morgan fingerprint density at radius 3 is 2.86 bits per heavy atom. The Bertz CT molecular complexity index is 848. The Morgan fingerprint density at radius 1 is 1.24 bits per heavy atom. The minimum Gasteiger partial charge on any atom is -0.466 e. The topological polar surface area (TPSA) is 69.7 Å². The molecule has 106 valence electrons. The first-order valence-electron chi connectivity index (χ1n) is 6.06. The highest BCUT2D eigenvalue weighted by molar-refractivity contribution is 9.10. The normalized spacial score (nSPS) is 10.7. The van der Waals surface area contributed by atoms with Gasteiger partial charge in [0.1, 0.15) is 23.5 Å². The molecule has 0 amide bonds. The van der Waals surface area contributed by atoms with E-state index >= 15 is 0 Å². The molecule has 0 saturated heterocycles. The quantitative estimate of drug-likeness (QED) is 0.535. The van der Waals surface area contributed by atoms with E-state index in [0.29, 0.717) is 16.7 Å². The van der Waals surface area contributed by atoms with E-state index in [2.05, 4.69) is 15.9 Å². The Labute approximate surface area is 127 Å². The van der Waals surface area contributed by atoms with Crippen molar-refractivity contribution in [1.29, 1.82) is 0 Å². The largest absolute Gasteiger partial charge is 0.466 e. The second-order valence-electron chi connectivity index (χ2n) is 4.29. The molecule has 0 N–H and O–H groups in total. The molecule has 0 unspecified atom stereocenters. The van der Waals surface area contributed by atoms with Crippen molar-refractivity contribution in [2.75, 3.05) is 0 Å². The first-order chi connectivity index (χ1) is 10.1. The average molecular weight is 349 g/mol. The van der Waals surface area contributed by atoms with Gasteiger partial charge in [-0.05, 0) is 36.4 Å². The van der Waals surface area contributed by atoms with Crippen LogP contribution in [0.3, 0.4) is 0 Å². The summed E-state index contributed by atoms with van der Waals surface area (Å²) in [7, 11) is 0. The Hall–Kier alpha value is -2.34. The zero-order valence-electron chi connectivity index (χ0n) is 10.7. The Kier molecular flexibility index (Phi) is 3.62. The van der Waals surface area contributed by atoms with Crippen molar-refractivity contribution in [2.45, 2.75) is 6.61 Å². The van der Waals surface area contributed by atoms with Gasteiger partial charge in [0, 0.05) is 9.86 Å². The summed E-state index contributed by atoms with van der Waals surface area (Å²) in [6.45, 7) is -0.0399. The second-order valence-corrected chi connectivity index (χ2v) is 5.20. The molecule has 0 atom stereocenters. The highest BCUT2D eigenvalue weighted by atomic mass is 79.9. The van der Waals surface area contributed by atoms with Crippen LogP contribution in [0.15, 0.2) is 60.8 Å². The van der Waals surface area contributed by atoms with Gasteiger partial charge in [-0.1, -0.05) is 15.9 Å². The van der Waals surface area contributed by atoms with Crippen molar-refractivity contribution in [3.63, 3.8) is 0 Å². The molecular formula is C15H9BrO5. The van der Waals surface area contributed by atoms with E-state index in [9.17, 15) is 9.59 Å². The van der Waals surface area contributed by atoms with Crippen molar-refractivity contribution >= 4 is 32.9 Å². The number of carbonyl (C=O) groups excluding carboxylic acids is 1. The maximum atomic E-state index is 12.0. The molecule has 3 aromatic rings. The molecular weight excluding hydrogens is 340 g/mol. The highest BCUT2D eigenvalue weighted by Gasteiger charge is 2.16. The highest BCUT2D eigenvalue weighted by Crippen LogP contribution is 2.19. The van der Waals surface area contributed by atoms with Crippen LogP contribution < -0.4 is 5.63 Å². The standard InChI is InChI=1S/C15H9BrO5/c16-10-3-4-13-9(6-10)7-12(15(18)21-13)14(17)20-8-11-2-1-5-19-11/h1-7H,8H2. The van der Waals surface area contributed by atoms with E-state index in [0.717, 1.165) is 4.47 Å². The van der Waals surface area contributed by atoms with Crippen LogP contribution in [0, 0.1) is 0 Å². The van der Waals surface area contributed by atoms with Gasteiger partial charge in [0.15, 0.2) is 0 Å². The average Bonchev–Trinajstić information content (AvgIpc) is 2.98. The van der Waals surface area contributed by atoms with Gasteiger partial charge < -0.3 is 13.6 Å². The summed E-state index contributed by atoms with van der Waals surface area (Å²) < 4.78 is 16.0. The number of halogens is 1. The molecule has 3 rings (SSSR count). The second kappa shape index (κ2) is 5.57. The first-order valence-corrected chi connectivity index (χ1v) is 6.86. The summed E-state index contributed by atoms with van der Waals surface area (Å²) in [6, 6.07) is 9.97. The molecule has 0 spiro atoms. The summed E-state index contributed by atoms with van der Waals surface area (Å²) >= 11 is 3.32. The Morgan fingerprint density at radius 2 is 2.10 bits per heavy atom. The molecule has 21 heavy (non-hydrogen) atoms. The van der Waals surface area contributed by atoms with Gasteiger partial charge in [-0.25, -0.2) is 9.59 Å². The fraction of sp³-hybridized carbons (Fsp3) is 0.0667. The minimum atomic E-state index is -0.748. The molecule has 0 fully saturated rings. The lowest BCUT2D eigenvalue weighted by Gasteiger charge is -2.03. The fourth-order valence-corrected chi connectivity index (χ4v) is 2.22. The van der Waals surface area contributed by atoms with Crippen LogP contribution in [0.5, 0.6) is 0 Å². The smallest absolute Gasteiger partial charge is 0.351 e. The summed E-state index contributed by atoms with van der Waals surface area (Å²) in [5.74, 6) is -0.252. The lowest BCUT2D eigenvalue weighted by atomic mass is 10.2. The summed E-state index contributed by atoms with van der Waals surface area (Å²) in [6.07, 6.45) is 1.48. The Balaban J connectivity index is 1.90. The third-order valence-corrected chi connectivity index (χ3v) is 3.33. The number of ether oxygens (including phenoxy) is 1. The lowest BCUT2D eigenvalue weighted by molar-refractivity contribution is 0.0441. The van der Waals surface area contributed by atoms with Crippen molar-refractivity contribution < 1.29 is 18.4 Å². The zero-order chi connectivity index (χ0) is 14.8. The van der Waals surface area contributed by atoms with E-state index in [4.69, 9.17) is 13.6 Å². The predicted octanol–water partition coefficient (Wildman–Crippen LogP) is 3.51. The molecule has 2 heterocycles. The van der Waals surface area contributed by atoms with Gasteiger partial charge in [-0.15, -0.1) is 0 Å². The van der Waals surface area contributed by atoms with Crippen molar-refractivity contribution in [2.24, 2.45) is 0 Å². The van der Waals surface area contributed by atoms with Crippen LogP contribution in [-0.2, 0) is 11.3 Å². The third kappa shape index (κ3) is 2.90. The molecule has 5 nitrogen and oxygen atoms in total. The number of fused-ring (bicyclic) bond motifs is 1. The van der Waals surface area contributed by atoms with Crippen molar-refractivity contribution in [1.82, 2.24) is 0 Å². The fourth-order valence-electron chi connectivity index (χ4n) is 1.85. The van der Waals surface area contributed by atoms with Crippen molar-refractivity contribution in [3.05, 3.63) is 68.9 Å². The van der Waals surface area contributed by atoms with E-state index in [1.807, 2.05) is 0 Å². The molecule has 0 aliphatic heterocycles. The van der Waals surface area contributed by atoms with Gasteiger partial charge >= 0.3 is 11.6 Å². The van der Waals surface area contributed by atoms with Crippen LogP contribution in [-0.4, -0.2) is 5.97 Å². The number of furan rings is 1. The maximum Gasteiger partial charge on any atom is 0.351 e. The number of hydrogen-bond acceptors (Lipinski definition) is 5. The SMILES string of the molecule is O=C(OCc1ccco1)c1cc2cc(Br)ccc2oc1=O. The van der Waals surface area contributed by atoms with Crippen molar-refractivity contribution in [3.8, 4) is 0 Å². The van der Waals surface area contributed by atoms with Crippen LogP contribution in [0.2, 0.25) is 0 Å². The molecule has 0 aliphatic carbocycles. The number of benzene rings is 1. The number of esters is 1. The number of rotatable bonds is 3. The molecule has 0 radical (unpaired) electrons. The molecule has 6 heteroatoms. The van der Waals surface area contributed by atoms with Gasteiger partial charge in [-0.3, -0.25) is 0 Å². The zero-order valence-corrected chi connectivity index (χ0v) is 12.3. The van der Waals surface area contributed by atoms with Gasteiger partial charge in [0.05, 0.1) is 6.26 Å². The van der Waals surface area contributed by atoms with E-state index in [1.165, 1.54) is 12.3 Å². The van der Waals surface area contributed by atoms with Crippen LogP contribution in [0.25, 0.3) is 11.0 Å². The summed E-state index contributed by atoms with van der Waals surface area (Å²) in [5.41, 5.74) is -0.466. The first kappa shape index (κ1) is 13.6.